The molecule has 2 rings (SSSR count). The lowest BCUT2D eigenvalue weighted by Gasteiger charge is -2.31. The fourth-order valence-electron chi connectivity index (χ4n) is 2.58. The Balaban J connectivity index is 2.01. The SMILES string of the molecule is CCC1CCCCC1NC(=O)c1cc(Br)c(Br)s1. The second-order valence-corrected chi connectivity index (χ2v) is 7.99. The van der Waals surface area contributed by atoms with E-state index in [1.54, 1.807) is 0 Å². The van der Waals surface area contributed by atoms with Crippen LogP contribution in [-0.2, 0) is 0 Å². The molecule has 5 heteroatoms. The molecule has 18 heavy (non-hydrogen) atoms. The first-order valence-electron chi connectivity index (χ1n) is 6.37. The number of carbonyl (C=O) groups is 1. The largest absolute Gasteiger partial charge is 0.348 e. The molecule has 1 aliphatic carbocycles. The molecule has 0 aliphatic heterocycles. The van der Waals surface area contributed by atoms with Crippen LogP contribution < -0.4 is 5.32 Å². The molecular formula is C13H17Br2NOS. The highest BCUT2D eigenvalue weighted by Gasteiger charge is 2.26. The minimum Gasteiger partial charge on any atom is -0.348 e. The van der Waals surface area contributed by atoms with Crippen LogP contribution in [0.25, 0.3) is 0 Å². The summed E-state index contributed by atoms with van der Waals surface area (Å²) in [6.45, 7) is 2.22. The van der Waals surface area contributed by atoms with E-state index in [0.717, 1.165) is 26.0 Å². The van der Waals surface area contributed by atoms with Gasteiger partial charge in [-0.05, 0) is 56.7 Å². The molecule has 1 aromatic rings. The van der Waals surface area contributed by atoms with Crippen LogP contribution in [0, 0.1) is 5.92 Å². The second kappa shape index (κ2) is 6.53. The van der Waals surface area contributed by atoms with Crippen molar-refractivity contribution in [2.45, 2.75) is 45.1 Å². The third-order valence-electron chi connectivity index (χ3n) is 3.62. The highest BCUT2D eigenvalue weighted by Crippen LogP contribution is 2.33. The molecule has 1 saturated carbocycles. The summed E-state index contributed by atoms with van der Waals surface area (Å²) in [7, 11) is 0. The van der Waals surface area contributed by atoms with Gasteiger partial charge in [-0.25, -0.2) is 0 Å². The number of hydrogen-bond donors (Lipinski definition) is 1. The molecule has 1 N–H and O–H groups in total. The van der Waals surface area contributed by atoms with Crippen LogP contribution in [0.1, 0.15) is 48.7 Å². The molecule has 0 aromatic carbocycles. The maximum atomic E-state index is 12.2. The molecule has 0 saturated heterocycles. The monoisotopic (exact) mass is 393 g/mol. The zero-order valence-electron chi connectivity index (χ0n) is 10.3. The van der Waals surface area contributed by atoms with Gasteiger partial charge in [0, 0.05) is 10.5 Å². The van der Waals surface area contributed by atoms with E-state index < -0.39 is 0 Å². The summed E-state index contributed by atoms with van der Waals surface area (Å²) in [5.74, 6) is 0.714. The fourth-order valence-corrected chi connectivity index (χ4v) is 4.52. The summed E-state index contributed by atoms with van der Waals surface area (Å²) in [5, 5.41) is 3.21. The Labute approximate surface area is 129 Å². The Kier molecular flexibility index (Phi) is 5.27. The predicted octanol–water partition coefficient (Wildman–Crippen LogP) is 4.97. The summed E-state index contributed by atoms with van der Waals surface area (Å²) in [6, 6.07) is 2.24. The first-order valence-corrected chi connectivity index (χ1v) is 8.77. The summed E-state index contributed by atoms with van der Waals surface area (Å²) in [4.78, 5) is 13.0. The van der Waals surface area contributed by atoms with Gasteiger partial charge in [-0.15, -0.1) is 11.3 Å². The molecule has 0 radical (unpaired) electrons. The van der Waals surface area contributed by atoms with Crippen molar-refractivity contribution in [1.82, 2.24) is 5.32 Å². The smallest absolute Gasteiger partial charge is 0.261 e. The van der Waals surface area contributed by atoms with Crippen LogP contribution in [0.5, 0.6) is 0 Å². The van der Waals surface area contributed by atoms with Crippen molar-refractivity contribution in [3.63, 3.8) is 0 Å². The Morgan fingerprint density at radius 1 is 1.44 bits per heavy atom. The van der Waals surface area contributed by atoms with Crippen molar-refractivity contribution >= 4 is 49.1 Å². The van der Waals surface area contributed by atoms with Gasteiger partial charge in [0.15, 0.2) is 0 Å². The van der Waals surface area contributed by atoms with E-state index in [1.807, 2.05) is 6.07 Å². The van der Waals surface area contributed by atoms with Crippen molar-refractivity contribution < 1.29 is 4.79 Å². The van der Waals surface area contributed by atoms with Crippen LogP contribution in [0.15, 0.2) is 14.3 Å². The number of nitrogens with one attached hydrogen (secondary N) is 1. The van der Waals surface area contributed by atoms with E-state index >= 15 is 0 Å². The van der Waals surface area contributed by atoms with Crippen LogP contribution >= 0.6 is 43.2 Å². The van der Waals surface area contributed by atoms with E-state index in [1.165, 1.54) is 30.6 Å². The third kappa shape index (κ3) is 3.36. The molecule has 1 aliphatic rings. The van der Waals surface area contributed by atoms with Gasteiger partial charge >= 0.3 is 0 Å². The standard InChI is InChI=1S/C13H17Br2NOS/c1-2-8-5-3-4-6-10(8)16-13(17)11-7-9(14)12(15)18-11/h7-8,10H,2-6H2,1H3,(H,16,17). The lowest BCUT2D eigenvalue weighted by molar-refractivity contribution is 0.0909. The van der Waals surface area contributed by atoms with Crippen LogP contribution in [0.4, 0.5) is 0 Å². The topological polar surface area (TPSA) is 29.1 Å². The first-order chi connectivity index (χ1) is 8.61. The number of rotatable bonds is 3. The molecule has 0 bridgehead atoms. The number of carbonyl (C=O) groups excluding carboxylic acids is 1. The normalized spacial score (nSPS) is 23.9. The predicted molar refractivity (Wildman–Crippen MR) is 83.2 cm³/mol. The summed E-state index contributed by atoms with van der Waals surface area (Å²) in [6.07, 6.45) is 6.07. The van der Waals surface area contributed by atoms with E-state index in [2.05, 4.69) is 44.1 Å². The summed E-state index contributed by atoms with van der Waals surface area (Å²) in [5.41, 5.74) is 0. The average Bonchev–Trinajstić information content (AvgIpc) is 2.70. The number of halogens is 2. The average molecular weight is 395 g/mol. The van der Waals surface area contributed by atoms with Crippen molar-refractivity contribution in [2.24, 2.45) is 5.92 Å². The van der Waals surface area contributed by atoms with Crippen LogP contribution in [0.2, 0.25) is 0 Å². The molecule has 0 spiro atoms. The maximum Gasteiger partial charge on any atom is 0.261 e. The minimum absolute atomic E-state index is 0.0664. The van der Waals surface area contributed by atoms with Gasteiger partial charge in [-0.2, -0.15) is 0 Å². The van der Waals surface area contributed by atoms with Gasteiger partial charge in [0.1, 0.15) is 0 Å². The van der Waals surface area contributed by atoms with E-state index in [4.69, 9.17) is 0 Å². The Hall–Kier alpha value is 0.130. The molecule has 100 valence electrons. The van der Waals surface area contributed by atoms with Crippen molar-refractivity contribution in [2.75, 3.05) is 0 Å². The van der Waals surface area contributed by atoms with Crippen LogP contribution in [0.3, 0.4) is 0 Å². The Bertz CT molecular complexity index is 413. The molecule has 2 atom stereocenters. The Morgan fingerprint density at radius 3 is 2.78 bits per heavy atom. The number of amides is 1. The van der Waals surface area contributed by atoms with E-state index in [-0.39, 0.29) is 5.91 Å². The summed E-state index contributed by atoms with van der Waals surface area (Å²) >= 11 is 8.32. The Morgan fingerprint density at radius 2 is 2.17 bits per heavy atom. The quantitative estimate of drug-likeness (QED) is 0.770. The van der Waals surface area contributed by atoms with Crippen molar-refractivity contribution in [1.29, 1.82) is 0 Å². The zero-order valence-corrected chi connectivity index (χ0v) is 14.3. The third-order valence-corrected chi connectivity index (χ3v) is 6.87. The van der Waals surface area contributed by atoms with Crippen LogP contribution in [-0.4, -0.2) is 11.9 Å². The van der Waals surface area contributed by atoms with Gasteiger partial charge in [0.25, 0.3) is 5.91 Å². The molecule has 1 fully saturated rings. The molecular weight excluding hydrogens is 378 g/mol. The molecule has 1 aromatic heterocycles. The zero-order chi connectivity index (χ0) is 13.1. The van der Waals surface area contributed by atoms with Gasteiger partial charge in [0.2, 0.25) is 0 Å². The fraction of sp³-hybridized carbons (Fsp3) is 0.615. The molecule has 2 unspecified atom stereocenters. The van der Waals surface area contributed by atoms with E-state index in [9.17, 15) is 4.79 Å². The summed E-state index contributed by atoms with van der Waals surface area (Å²) < 4.78 is 1.93. The highest BCUT2D eigenvalue weighted by molar-refractivity contribution is 9.13. The molecule has 1 amide bonds. The minimum atomic E-state index is 0.0664. The molecule has 2 nitrogen and oxygen atoms in total. The lowest BCUT2D eigenvalue weighted by atomic mass is 9.83. The van der Waals surface area contributed by atoms with Gasteiger partial charge < -0.3 is 5.32 Å². The van der Waals surface area contributed by atoms with Gasteiger partial charge in [0.05, 0.1) is 8.66 Å². The number of hydrogen-bond acceptors (Lipinski definition) is 2. The van der Waals surface area contributed by atoms with Gasteiger partial charge in [-0.1, -0.05) is 26.2 Å². The van der Waals surface area contributed by atoms with Crippen molar-refractivity contribution in [3.05, 3.63) is 19.2 Å². The first kappa shape index (κ1) is 14.5. The maximum absolute atomic E-state index is 12.2. The second-order valence-electron chi connectivity index (χ2n) is 4.77. The number of thiophene rings is 1. The van der Waals surface area contributed by atoms with Gasteiger partial charge in [-0.3, -0.25) is 4.79 Å². The van der Waals surface area contributed by atoms with E-state index in [0.29, 0.717) is 12.0 Å². The lowest BCUT2D eigenvalue weighted by Crippen LogP contribution is -2.41. The molecule has 1 heterocycles. The highest BCUT2D eigenvalue weighted by atomic mass is 79.9. The van der Waals surface area contributed by atoms with Crippen molar-refractivity contribution in [3.8, 4) is 0 Å².